The number of hydrogen-bond acceptors (Lipinski definition) is 4. The molecule has 0 spiro atoms. The van der Waals surface area contributed by atoms with Crippen molar-refractivity contribution in [3.8, 4) is 0 Å². The van der Waals surface area contributed by atoms with E-state index in [-0.39, 0.29) is 17.5 Å². The Labute approximate surface area is 144 Å². The molecule has 0 aromatic heterocycles. The standard InChI is InChI=1S/C18H17N3O4/c22-17-6-1-2-11-20(17)16-5-3-4-14(12-16)19-18(23)13-7-9-15(10-8-13)21(24)25/h3-5,7-10,12H,1-2,6,11H2,(H,19,23). The fourth-order valence-electron chi connectivity index (χ4n) is 2.77. The van der Waals surface area contributed by atoms with Gasteiger partial charge in [-0.25, -0.2) is 0 Å². The summed E-state index contributed by atoms with van der Waals surface area (Å²) in [4.78, 5) is 36.2. The number of nitrogens with one attached hydrogen (secondary N) is 1. The zero-order valence-corrected chi connectivity index (χ0v) is 13.5. The predicted octanol–water partition coefficient (Wildman–Crippen LogP) is 3.36. The van der Waals surface area contributed by atoms with Crippen molar-refractivity contribution in [2.75, 3.05) is 16.8 Å². The van der Waals surface area contributed by atoms with E-state index in [1.54, 1.807) is 23.1 Å². The summed E-state index contributed by atoms with van der Waals surface area (Å²) in [6.07, 6.45) is 2.41. The lowest BCUT2D eigenvalue weighted by molar-refractivity contribution is -0.384. The number of hydrogen-bond donors (Lipinski definition) is 1. The van der Waals surface area contributed by atoms with Crippen molar-refractivity contribution in [1.29, 1.82) is 0 Å². The molecule has 0 atom stereocenters. The summed E-state index contributed by atoms with van der Waals surface area (Å²) < 4.78 is 0. The molecule has 0 saturated carbocycles. The number of anilines is 2. The van der Waals surface area contributed by atoms with Gasteiger partial charge in [0.05, 0.1) is 4.92 Å². The Morgan fingerprint density at radius 3 is 2.56 bits per heavy atom. The van der Waals surface area contributed by atoms with Gasteiger partial charge in [-0.3, -0.25) is 19.7 Å². The lowest BCUT2D eigenvalue weighted by Crippen LogP contribution is -2.35. The van der Waals surface area contributed by atoms with Crippen LogP contribution in [0, 0.1) is 10.1 Å². The first-order valence-corrected chi connectivity index (χ1v) is 8.01. The van der Waals surface area contributed by atoms with Gasteiger partial charge in [-0.05, 0) is 43.2 Å². The van der Waals surface area contributed by atoms with Crippen LogP contribution in [-0.2, 0) is 4.79 Å². The quantitative estimate of drug-likeness (QED) is 0.683. The van der Waals surface area contributed by atoms with Gasteiger partial charge in [0.15, 0.2) is 0 Å². The highest BCUT2D eigenvalue weighted by atomic mass is 16.6. The lowest BCUT2D eigenvalue weighted by atomic mass is 10.1. The summed E-state index contributed by atoms with van der Waals surface area (Å²) in [5.41, 5.74) is 1.58. The third-order valence-electron chi connectivity index (χ3n) is 4.08. The van der Waals surface area contributed by atoms with Crippen LogP contribution < -0.4 is 10.2 Å². The Kier molecular flexibility index (Phi) is 4.74. The molecule has 2 amide bonds. The number of nitro benzene ring substituents is 1. The van der Waals surface area contributed by atoms with E-state index in [9.17, 15) is 19.7 Å². The molecule has 1 N–H and O–H groups in total. The first-order valence-electron chi connectivity index (χ1n) is 8.01. The maximum Gasteiger partial charge on any atom is 0.269 e. The molecular weight excluding hydrogens is 322 g/mol. The average molecular weight is 339 g/mol. The van der Waals surface area contributed by atoms with Gasteiger partial charge >= 0.3 is 0 Å². The number of piperidine rings is 1. The van der Waals surface area contributed by atoms with Gasteiger partial charge in [0.25, 0.3) is 11.6 Å². The molecule has 3 rings (SSSR count). The van der Waals surface area contributed by atoms with Crippen LogP contribution in [0.25, 0.3) is 0 Å². The van der Waals surface area contributed by atoms with E-state index in [0.717, 1.165) is 18.5 Å². The number of non-ortho nitro benzene ring substituents is 1. The minimum Gasteiger partial charge on any atom is -0.322 e. The topological polar surface area (TPSA) is 92.6 Å². The van der Waals surface area contributed by atoms with Crippen molar-refractivity contribution in [2.45, 2.75) is 19.3 Å². The number of carbonyl (C=O) groups excluding carboxylic acids is 2. The zero-order chi connectivity index (χ0) is 17.8. The Morgan fingerprint density at radius 2 is 1.88 bits per heavy atom. The van der Waals surface area contributed by atoms with E-state index >= 15 is 0 Å². The SMILES string of the molecule is O=C(Nc1cccc(N2CCCCC2=O)c1)c1ccc([N+](=O)[O-])cc1. The first-order chi connectivity index (χ1) is 12.0. The molecular formula is C18H17N3O4. The van der Waals surface area contributed by atoms with E-state index in [0.29, 0.717) is 24.2 Å². The van der Waals surface area contributed by atoms with Gasteiger partial charge in [0, 0.05) is 42.0 Å². The monoisotopic (exact) mass is 339 g/mol. The minimum absolute atomic E-state index is 0.0674. The fraction of sp³-hybridized carbons (Fsp3) is 0.222. The van der Waals surface area contributed by atoms with E-state index < -0.39 is 4.92 Å². The summed E-state index contributed by atoms with van der Waals surface area (Å²) in [5.74, 6) is -0.276. The van der Waals surface area contributed by atoms with E-state index in [4.69, 9.17) is 0 Å². The summed E-state index contributed by atoms with van der Waals surface area (Å²) >= 11 is 0. The number of nitrogens with zero attached hydrogens (tertiary/aromatic N) is 2. The highest BCUT2D eigenvalue weighted by Gasteiger charge is 2.20. The molecule has 1 aliphatic heterocycles. The van der Waals surface area contributed by atoms with E-state index in [2.05, 4.69) is 5.32 Å². The van der Waals surface area contributed by atoms with Gasteiger partial charge in [-0.1, -0.05) is 6.07 Å². The molecule has 2 aromatic carbocycles. The molecule has 1 heterocycles. The van der Waals surface area contributed by atoms with Crippen LogP contribution in [0.5, 0.6) is 0 Å². The third kappa shape index (κ3) is 3.82. The van der Waals surface area contributed by atoms with Gasteiger partial charge in [-0.15, -0.1) is 0 Å². The summed E-state index contributed by atoms with van der Waals surface area (Å²) in [6.45, 7) is 0.679. The number of nitro groups is 1. The van der Waals surface area contributed by atoms with E-state index in [1.165, 1.54) is 24.3 Å². The number of amides is 2. The molecule has 7 heteroatoms. The Morgan fingerprint density at radius 1 is 1.12 bits per heavy atom. The Balaban J connectivity index is 1.74. The van der Waals surface area contributed by atoms with Crippen molar-refractivity contribution in [2.24, 2.45) is 0 Å². The van der Waals surface area contributed by atoms with Gasteiger partial charge < -0.3 is 10.2 Å². The smallest absolute Gasteiger partial charge is 0.269 e. The minimum atomic E-state index is -0.513. The largest absolute Gasteiger partial charge is 0.322 e. The summed E-state index contributed by atoms with van der Waals surface area (Å²) in [7, 11) is 0. The van der Waals surface area contributed by atoms with Crippen molar-refractivity contribution in [3.05, 3.63) is 64.2 Å². The second-order valence-corrected chi connectivity index (χ2v) is 5.81. The molecule has 1 aliphatic rings. The molecule has 1 fully saturated rings. The number of rotatable bonds is 4. The zero-order valence-electron chi connectivity index (χ0n) is 13.5. The molecule has 2 aromatic rings. The lowest BCUT2D eigenvalue weighted by Gasteiger charge is -2.27. The van der Waals surface area contributed by atoms with Crippen molar-refractivity contribution in [3.63, 3.8) is 0 Å². The average Bonchev–Trinajstić information content (AvgIpc) is 2.62. The third-order valence-corrected chi connectivity index (χ3v) is 4.08. The molecule has 0 unspecified atom stereocenters. The van der Waals surface area contributed by atoms with Crippen LogP contribution >= 0.6 is 0 Å². The maximum absolute atomic E-state index is 12.3. The molecule has 128 valence electrons. The highest BCUT2D eigenvalue weighted by molar-refractivity contribution is 6.05. The van der Waals surface area contributed by atoms with Crippen LogP contribution in [0.15, 0.2) is 48.5 Å². The van der Waals surface area contributed by atoms with Gasteiger partial charge in [0.1, 0.15) is 0 Å². The second-order valence-electron chi connectivity index (χ2n) is 5.81. The Bertz CT molecular complexity index is 817. The van der Waals surface area contributed by atoms with Gasteiger partial charge in [-0.2, -0.15) is 0 Å². The summed E-state index contributed by atoms with van der Waals surface area (Å²) in [5, 5.41) is 13.4. The van der Waals surface area contributed by atoms with E-state index in [1.807, 2.05) is 6.07 Å². The van der Waals surface area contributed by atoms with Crippen LogP contribution in [0.3, 0.4) is 0 Å². The maximum atomic E-state index is 12.3. The second kappa shape index (κ2) is 7.12. The Hall–Kier alpha value is -3.22. The molecule has 0 aliphatic carbocycles. The number of carbonyl (C=O) groups is 2. The van der Waals surface area contributed by atoms with Crippen LogP contribution in [0.4, 0.5) is 17.1 Å². The van der Waals surface area contributed by atoms with Crippen LogP contribution in [-0.4, -0.2) is 23.3 Å². The van der Waals surface area contributed by atoms with Crippen molar-refractivity contribution >= 4 is 28.9 Å². The fourth-order valence-corrected chi connectivity index (χ4v) is 2.77. The summed E-state index contributed by atoms with van der Waals surface area (Å²) in [6, 6.07) is 12.5. The van der Waals surface area contributed by atoms with Crippen LogP contribution in [0.2, 0.25) is 0 Å². The highest BCUT2D eigenvalue weighted by Crippen LogP contribution is 2.24. The van der Waals surface area contributed by atoms with Crippen molar-refractivity contribution in [1.82, 2.24) is 0 Å². The number of benzene rings is 2. The molecule has 7 nitrogen and oxygen atoms in total. The predicted molar refractivity (Wildman–Crippen MR) is 93.7 cm³/mol. The van der Waals surface area contributed by atoms with Gasteiger partial charge in [0.2, 0.25) is 5.91 Å². The molecule has 0 bridgehead atoms. The first kappa shape index (κ1) is 16.6. The van der Waals surface area contributed by atoms with Crippen molar-refractivity contribution < 1.29 is 14.5 Å². The molecule has 25 heavy (non-hydrogen) atoms. The molecule has 1 saturated heterocycles. The normalized spacial score (nSPS) is 14.2. The molecule has 0 radical (unpaired) electrons. The van der Waals surface area contributed by atoms with Crippen LogP contribution in [0.1, 0.15) is 29.6 Å².